The molecule has 1 N–H and O–H groups in total. The highest BCUT2D eigenvalue weighted by molar-refractivity contribution is 7.89. The summed E-state index contributed by atoms with van der Waals surface area (Å²) < 4.78 is 29.0. The van der Waals surface area contributed by atoms with Crippen LogP contribution in [-0.4, -0.2) is 46.7 Å². The number of hydrogen-bond donors (Lipinski definition) is 1. The second-order valence-corrected chi connectivity index (χ2v) is 9.61. The predicted octanol–water partition coefficient (Wildman–Crippen LogP) is 3.12. The van der Waals surface area contributed by atoms with Crippen molar-refractivity contribution in [3.8, 4) is 0 Å². The first-order chi connectivity index (χ1) is 14.4. The first-order valence-electron chi connectivity index (χ1n) is 10.1. The molecule has 158 valence electrons. The lowest BCUT2D eigenvalue weighted by Gasteiger charge is -2.29. The molecule has 1 amide bonds. The first-order valence-corrected chi connectivity index (χ1v) is 11.6. The zero-order valence-electron chi connectivity index (χ0n) is 17.1. The largest absolute Gasteiger partial charge is 0.322 e. The van der Waals surface area contributed by atoms with E-state index in [1.807, 2.05) is 13.0 Å². The molecule has 9 heteroatoms. The van der Waals surface area contributed by atoms with E-state index in [0.29, 0.717) is 42.3 Å². The number of sulfonamides is 1. The van der Waals surface area contributed by atoms with Crippen LogP contribution in [0.2, 0.25) is 0 Å². The second-order valence-electron chi connectivity index (χ2n) is 7.67. The minimum Gasteiger partial charge on any atom is -0.322 e. The third kappa shape index (κ3) is 3.95. The quantitative estimate of drug-likeness (QED) is 0.675. The Morgan fingerprint density at radius 1 is 1.13 bits per heavy atom. The highest BCUT2D eigenvalue weighted by Gasteiger charge is 2.27. The molecule has 8 nitrogen and oxygen atoms in total. The lowest BCUT2D eigenvalue weighted by atomic mass is 10.0. The lowest BCUT2D eigenvalue weighted by molar-refractivity contribution is 0.102. The molecule has 1 aromatic heterocycles. The summed E-state index contributed by atoms with van der Waals surface area (Å²) in [6.45, 7) is 5.92. The molecule has 1 saturated heterocycles. The predicted molar refractivity (Wildman–Crippen MR) is 115 cm³/mol. The van der Waals surface area contributed by atoms with Crippen molar-refractivity contribution in [1.82, 2.24) is 19.3 Å². The van der Waals surface area contributed by atoms with Crippen molar-refractivity contribution in [3.05, 3.63) is 48.0 Å². The van der Waals surface area contributed by atoms with E-state index in [1.54, 1.807) is 45.4 Å². The molecule has 0 atom stereocenters. The van der Waals surface area contributed by atoms with Gasteiger partial charge in [0.25, 0.3) is 5.91 Å². The monoisotopic (exact) mass is 427 g/mol. The molecule has 0 unspecified atom stereocenters. The fraction of sp³-hybridized carbons (Fsp3) is 0.381. The molecule has 0 aliphatic carbocycles. The fourth-order valence-corrected chi connectivity index (χ4v) is 5.10. The Kier molecular flexibility index (Phi) is 5.57. The number of hydrogen-bond acceptors (Lipinski definition) is 5. The summed E-state index contributed by atoms with van der Waals surface area (Å²) in [6, 6.07) is 11.6. The molecule has 0 saturated carbocycles. The molecule has 4 rings (SSSR count). The van der Waals surface area contributed by atoms with Crippen molar-refractivity contribution in [3.63, 3.8) is 0 Å². The number of benzene rings is 2. The number of anilines is 1. The van der Waals surface area contributed by atoms with Gasteiger partial charge in [-0.05, 0) is 68.1 Å². The number of carbonyl (C=O) groups is 1. The summed E-state index contributed by atoms with van der Waals surface area (Å²) >= 11 is 0. The number of aromatic nitrogens is 3. The summed E-state index contributed by atoms with van der Waals surface area (Å²) in [7, 11) is -3.50. The Labute approximate surface area is 175 Å². The van der Waals surface area contributed by atoms with Gasteiger partial charge in [-0.1, -0.05) is 12.1 Å². The van der Waals surface area contributed by atoms with E-state index in [2.05, 4.69) is 22.6 Å². The molecule has 1 aliphatic heterocycles. The van der Waals surface area contributed by atoms with Gasteiger partial charge in [0, 0.05) is 30.9 Å². The zero-order valence-corrected chi connectivity index (χ0v) is 17.9. The average molecular weight is 428 g/mol. The van der Waals surface area contributed by atoms with Gasteiger partial charge in [-0.25, -0.2) is 13.1 Å². The Bertz CT molecular complexity index is 1160. The van der Waals surface area contributed by atoms with Crippen molar-refractivity contribution in [2.24, 2.45) is 5.92 Å². The van der Waals surface area contributed by atoms with Gasteiger partial charge in [0.1, 0.15) is 5.52 Å². The van der Waals surface area contributed by atoms with Gasteiger partial charge < -0.3 is 5.32 Å². The van der Waals surface area contributed by atoms with Crippen LogP contribution in [0.1, 0.15) is 37.0 Å². The van der Waals surface area contributed by atoms with Crippen LogP contribution in [-0.2, 0) is 16.6 Å². The maximum atomic E-state index is 12.8. The van der Waals surface area contributed by atoms with E-state index in [4.69, 9.17) is 0 Å². The Hall–Kier alpha value is -2.78. The van der Waals surface area contributed by atoms with Crippen LogP contribution in [0.25, 0.3) is 11.0 Å². The van der Waals surface area contributed by atoms with Gasteiger partial charge in [-0.2, -0.15) is 4.31 Å². The normalized spacial score (nSPS) is 16.1. The van der Waals surface area contributed by atoms with Crippen molar-refractivity contribution >= 4 is 32.7 Å². The van der Waals surface area contributed by atoms with Crippen LogP contribution in [0.4, 0.5) is 5.69 Å². The number of piperidine rings is 1. The van der Waals surface area contributed by atoms with Gasteiger partial charge in [0.2, 0.25) is 10.0 Å². The standard InChI is InChI=1S/C21H25N5O3S/c1-3-26-20-9-4-16(14-19(20)23-24-26)21(27)22-17-5-7-18(8-6-17)30(28,29)25-12-10-15(2)11-13-25/h4-9,14-15H,3,10-13H2,1-2H3,(H,22,27). The molecule has 1 aliphatic rings. The molecule has 2 aromatic carbocycles. The van der Waals surface area contributed by atoms with Gasteiger partial charge in [0.15, 0.2) is 0 Å². The van der Waals surface area contributed by atoms with E-state index in [1.165, 1.54) is 0 Å². The highest BCUT2D eigenvalue weighted by Crippen LogP contribution is 2.24. The molecular weight excluding hydrogens is 402 g/mol. The number of rotatable bonds is 5. The summed E-state index contributed by atoms with van der Waals surface area (Å²) in [6.07, 6.45) is 1.76. The van der Waals surface area contributed by atoms with E-state index >= 15 is 0 Å². The van der Waals surface area contributed by atoms with E-state index < -0.39 is 10.0 Å². The maximum Gasteiger partial charge on any atom is 0.255 e. The van der Waals surface area contributed by atoms with Crippen molar-refractivity contribution < 1.29 is 13.2 Å². The van der Waals surface area contributed by atoms with Crippen molar-refractivity contribution in [2.75, 3.05) is 18.4 Å². The highest BCUT2D eigenvalue weighted by atomic mass is 32.2. The van der Waals surface area contributed by atoms with E-state index in [0.717, 1.165) is 18.4 Å². The molecule has 2 heterocycles. The molecule has 30 heavy (non-hydrogen) atoms. The Balaban J connectivity index is 1.47. The molecule has 1 fully saturated rings. The molecule has 3 aromatic rings. The average Bonchev–Trinajstić information content (AvgIpc) is 3.17. The Morgan fingerprint density at radius 2 is 1.83 bits per heavy atom. The minimum atomic E-state index is -3.50. The third-order valence-corrected chi connectivity index (χ3v) is 7.48. The topological polar surface area (TPSA) is 97.2 Å². The smallest absolute Gasteiger partial charge is 0.255 e. The molecule has 0 spiro atoms. The summed E-state index contributed by atoms with van der Waals surface area (Å²) in [5.41, 5.74) is 2.52. The summed E-state index contributed by atoms with van der Waals surface area (Å²) in [5.74, 6) is 0.267. The number of carbonyl (C=O) groups excluding carboxylic acids is 1. The number of nitrogens with one attached hydrogen (secondary N) is 1. The maximum absolute atomic E-state index is 12.8. The van der Waals surface area contributed by atoms with Crippen LogP contribution in [0, 0.1) is 5.92 Å². The fourth-order valence-electron chi connectivity index (χ4n) is 3.63. The number of amides is 1. The molecule has 0 radical (unpaired) electrons. The van der Waals surface area contributed by atoms with Crippen molar-refractivity contribution in [1.29, 1.82) is 0 Å². The summed E-state index contributed by atoms with van der Waals surface area (Å²) in [4.78, 5) is 12.8. The van der Waals surface area contributed by atoms with E-state index in [-0.39, 0.29) is 10.8 Å². The number of fused-ring (bicyclic) bond motifs is 1. The van der Waals surface area contributed by atoms with Crippen LogP contribution < -0.4 is 5.32 Å². The zero-order chi connectivity index (χ0) is 21.3. The van der Waals surface area contributed by atoms with Crippen LogP contribution in [0.5, 0.6) is 0 Å². The summed E-state index contributed by atoms with van der Waals surface area (Å²) in [5, 5.41) is 10.9. The van der Waals surface area contributed by atoms with E-state index in [9.17, 15) is 13.2 Å². The molecular formula is C21H25N5O3S. The van der Waals surface area contributed by atoms with Gasteiger partial charge >= 0.3 is 0 Å². The lowest BCUT2D eigenvalue weighted by Crippen LogP contribution is -2.37. The van der Waals surface area contributed by atoms with Gasteiger partial charge in [-0.3, -0.25) is 4.79 Å². The first kappa shape index (κ1) is 20.5. The Morgan fingerprint density at radius 3 is 2.50 bits per heavy atom. The minimum absolute atomic E-state index is 0.243. The van der Waals surface area contributed by atoms with Crippen LogP contribution in [0.15, 0.2) is 47.4 Å². The number of aryl methyl sites for hydroxylation is 1. The SMILES string of the molecule is CCn1nnc2cc(C(=O)Nc3ccc(S(=O)(=O)N4CCC(C)CC4)cc3)ccc21. The number of nitrogens with zero attached hydrogens (tertiary/aromatic N) is 4. The van der Waals surface area contributed by atoms with Gasteiger partial charge in [-0.15, -0.1) is 5.10 Å². The van der Waals surface area contributed by atoms with Gasteiger partial charge in [0.05, 0.1) is 10.4 Å². The van der Waals surface area contributed by atoms with Crippen LogP contribution >= 0.6 is 0 Å². The third-order valence-electron chi connectivity index (χ3n) is 5.57. The van der Waals surface area contributed by atoms with Crippen molar-refractivity contribution in [2.45, 2.75) is 38.1 Å². The van der Waals surface area contributed by atoms with Crippen LogP contribution in [0.3, 0.4) is 0 Å². The molecule has 0 bridgehead atoms. The second kappa shape index (κ2) is 8.16.